The van der Waals surface area contributed by atoms with Crippen molar-refractivity contribution in [2.75, 3.05) is 7.05 Å². The standard InChI is InChI=1S/C12H25NO/c1-5-10-6-7-12(14)11(8-10)13(4)9(2)3/h9-12,14H,5-8H2,1-4H3. The van der Waals surface area contributed by atoms with Gasteiger partial charge in [0.05, 0.1) is 6.10 Å². The molecule has 14 heavy (non-hydrogen) atoms. The lowest BCUT2D eigenvalue weighted by Gasteiger charge is -2.40. The van der Waals surface area contributed by atoms with Crippen LogP contribution in [0.4, 0.5) is 0 Å². The van der Waals surface area contributed by atoms with Gasteiger partial charge in [0.15, 0.2) is 0 Å². The van der Waals surface area contributed by atoms with E-state index >= 15 is 0 Å². The maximum atomic E-state index is 9.96. The van der Waals surface area contributed by atoms with Crippen LogP contribution in [0.5, 0.6) is 0 Å². The molecule has 84 valence electrons. The molecular formula is C12H25NO. The second-order valence-electron chi connectivity index (χ2n) is 4.98. The first-order chi connectivity index (χ1) is 6.56. The molecule has 0 saturated heterocycles. The van der Waals surface area contributed by atoms with Crippen molar-refractivity contribution < 1.29 is 5.11 Å². The SMILES string of the molecule is CCC1CCC(O)C(N(C)C(C)C)C1. The molecule has 3 unspecified atom stereocenters. The van der Waals surface area contributed by atoms with E-state index in [-0.39, 0.29) is 6.10 Å². The van der Waals surface area contributed by atoms with Gasteiger partial charge in [0.2, 0.25) is 0 Å². The number of likely N-dealkylation sites (N-methyl/N-ethyl adjacent to an activating group) is 1. The maximum Gasteiger partial charge on any atom is 0.0695 e. The normalized spacial score (nSPS) is 34.1. The highest BCUT2D eigenvalue weighted by Crippen LogP contribution is 2.30. The summed E-state index contributed by atoms with van der Waals surface area (Å²) in [7, 11) is 2.14. The van der Waals surface area contributed by atoms with Crippen molar-refractivity contribution in [1.29, 1.82) is 0 Å². The molecule has 0 radical (unpaired) electrons. The summed E-state index contributed by atoms with van der Waals surface area (Å²) in [6, 6.07) is 0.916. The van der Waals surface area contributed by atoms with Crippen LogP contribution in [0.25, 0.3) is 0 Å². The fourth-order valence-corrected chi connectivity index (χ4v) is 2.41. The number of aliphatic hydroxyl groups is 1. The van der Waals surface area contributed by atoms with Crippen molar-refractivity contribution in [2.24, 2.45) is 5.92 Å². The van der Waals surface area contributed by atoms with E-state index in [0.29, 0.717) is 12.1 Å². The van der Waals surface area contributed by atoms with Gasteiger partial charge in [-0.15, -0.1) is 0 Å². The lowest BCUT2D eigenvalue weighted by molar-refractivity contribution is 0.00183. The Morgan fingerprint density at radius 1 is 1.36 bits per heavy atom. The predicted molar refractivity (Wildman–Crippen MR) is 60.3 cm³/mol. The molecular weight excluding hydrogens is 174 g/mol. The Morgan fingerprint density at radius 2 is 2.00 bits per heavy atom. The van der Waals surface area contributed by atoms with E-state index in [9.17, 15) is 5.11 Å². The zero-order chi connectivity index (χ0) is 10.7. The van der Waals surface area contributed by atoms with Crippen LogP contribution in [0.2, 0.25) is 0 Å². The average Bonchev–Trinajstić information content (AvgIpc) is 2.17. The first kappa shape index (κ1) is 12.0. The van der Waals surface area contributed by atoms with Gasteiger partial charge in [-0.05, 0) is 46.1 Å². The van der Waals surface area contributed by atoms with E-state index in [1.807, 2.05) is 0 Å². The van der Waals surface area contributed by atoms with Crippen molar-refractivity contribution in [3.05, 3.63) is 0 Å². The summed E-state index contributed by atoms with van der Waals surface area (Å²) in [5.41, 5.74) is 0. The van der Waals surface area contributed by atoms with Crippen molar-refractivity contribution in [3.63, 3.8) is 0 Å². The third-order valence-corrected chi connectivity index (χ3v) is 3.80. The molecule has 1 aliphatic carbocycles. The number of aliphatic hydroxyl groups excluding tert-OH is 1. The second-order valence-corrected chi connectivity index (χ2v) is 4.98. The number of hydrogen-bond acceptors (Lipinski definition) is 2. The molecule has 0 amide bonds. The Labute approximate surface area is 88.3 Å². The summed E-state index contributed by atoms with van der Waals surface area (Å²) < 4.78 is 0. The molecule has 2 heteroatoms. The minimum atomic E-state index is -0.106. The molecule has 1 saturated carbocycles. The highest BCUT2D eigenvalue weighted by Gasteiger charge is 2.31. The lowest BCUT2D eigenvalue weighted by Crippen LogP contribution is -2.48. The van der Waals surface area contributed by atoms with E-state index in [1.54, 1.807) is 0 Å². The smallest absolute Gasteiger partial charge is 0.0695 e. The Morgan fingerprint density at radius 3 is 2.50 bits per heavy atom. The van der Waals surface area contributed by atoms with Crippen molar-refractivity contribution in [3.8, 4) is 0 Å². The summed E-state index contributed by atoms with van der Waals surface area (Å²) >= 11 is 0. The van der Waals surface area contributed by atoms with Crippen LogP contribution in [-0.2, 0) is 0 Å². The van der Waals surface area contributed by atoms with Gasteiger partial charge in [0.1, 0.15) is 0 Å². The van der Waals surface area contributed by atoms with E-state index in [0.717, 1.165) is 12.3 Å². The highest BCUT2D eigenvalue weighted by molar-refractivity contribution is 4.86. The predicted octanol–water partition coefficient (Wildman–Crippen LogP) is 2.27. The molecule has 0 spiro atoms. The molecule has 3 atom stereocenters. The lowest BCUT2D eigenvalue weighted by atomic mass is 9.81. The van der Waals surface area contributed by atoms with Gasteiger partial charge >= 0.3 is 0 Å². The fourth-order valence-electron chi connectivity index (χ4n) is 2.41. The minimum absolute atomic E-state index is 0.106. The van der Waals surface area contributed by atoms with Crippen LogP contribution in [-0.4, -0.2) is 35.2 Å². The monoisotopic (exact) mass is 199 g/mol. The van der Waals surface area contributed by atoms with Gasteiger partial charge in [-0.3, -0.25) is 4.90 Å². The maximum absolute atomic E-state index is 9.96. The molecule has 1 aliphatic rings. The molecule has 0 aromatic carbocycles. The van der Waals surface area contributed by atoms with Crippen LogP contribution < -0.4 is 0 Å². The zero-order valence-corrected chi connectivity index (χ0v) is 10.0. The summed E-state index contributed by atoms with van der Waals surface area (Å²) in [5, 5.41) is 9.96. The van der Waals surface area contributed by atoms with Gasteiger partial charge < -0.3 is 5.11 Å². The topological polar surface area (TPSA) is 23.5 Å². The van der Waals surface area contributed by atoms with E-state index < -0.39 is 0 Å². The third-order valence-electron chi connectivity index (χ3n) is 3.80. The first-order valence-corrected chi connectivity index (χ1v) is 5.96. The van der Waals surface area contributed by atoms with Crippen LogP contribution >= 0.6 is 0 Å². The summed E-state index contributed by atoms with van der Waals surface area (Å²) in [4.78, 5) is 2.33. The first-order valence-electron chi connectivity index (χ1n) is 5.96. The average molecular weight is 199 g/mol. The Bertz CT molecular complexity index is 170. The molecule has 0 heterocycles. The molecule has 1 N–H and O–H groups in total. The summed E-state index contributed by atoms with van der Waals surface area (Å²) in [6.07, 6.45) is 4.52. The van der Waals surface area contributed by atoms with Crippen LogP contribution in [0.1, 0.15) is 46.5 Å². The molecule has 2 nitrogen and oxygen atoms in total. The van der Waals surface area contributed by atoms with Crippen LogP contribution in [0, 0.1) is 5.92 Å². The van der Waals surface area contributed by atoms with Gasteiger partial charge in [0, 0.05) is 12.1 Å². The summed E-state index contributed by atoms with van der Waals surface area (Å²) in [6.45, 7) is 6.65. The third kappa shape index (κ3) is 2.71. The van der Waals surface area contributed by atoms with Gasteiger partial charge in [0.25, 0.3) is 0 Å². The van der Waals surface area contributed by atoms with Gasteiger partial charge in [-0.1, -0.05) is 13.3 Å². The van der Waals surface area contributed by atoms with Gasteiger partial charge in [-0.2, -0.15) is 0 Å². The number of hydrogen-bond donors (Lipinski definition) is 1. The molecule has 0 aromatic rings. The number of nitrogens with zero attached hydrogens (tertiary/aromatic N) is 1. The van der Waals surface area contributed by atoms with Gasteiger partial charge in [-0.25, -0.2) is 0 Å². The van der Waals surface area contributed by atoms with Crippen LogP contribution in [0.15, 0.2) is 0 Å². The Balaban J connectivity index is 2.55. The van der Waals surface area contributed by atoms with Crippen molar-refractivity contribution >= 4 is 0 Å². The number of rotatable bonds is 3. The van der Waals surface area contributed by atoms with E-state index in [1.165, 1.54) is 19.3 Å². The van der Waals surface area contributed by atoms with E-state index in [2.05, 4.69) is 32.7 Å². The Kier molecular flexibility index (Phi) is 4.39. The molecule has 0 aromatic heterocycles. The van der Waals surface area contributed by atoms with Crippen LogP contribution in [0.3, 0.4) is 0 Å². The molecule has 1 rings (SSSR count). The zero-order valence-electron chi connectivity index (χ0n) is 10.0. The highest BCUT2D eigenvalue weighted by atomic mass is 16.3. The molecule has 0 bridgehead atoms. The quantitative estimate of drug-likeness (QED) is 0.753. The van der Waals surface area contributed by atoms with Crippen molar-refractivity contribution in [1.82, 2.24) is 4.90 Å². The second kappa shape index (κ2) is 5.13. The Hall–Kier alpha value is -0.0800. The van der Waals surface area contributed by atoms with Crippen molar-refractivity contribution in [2.45, 2.75) is 64.6 Å². The fraction of sp³-hybridized carbons (Fsp3) is 1.00. The summed E-state index contributed by atoms with van der Waals surface area (Å²) in [5.74, 6) is 0.824. The molecule has 1 fully saturated rings. The van der Waals surface area contributed by atoms with E-state index in [4.69, 9.17) is 0 Å². The minimum Gasteiger partial charge on any atom is -0.391 e. The molecule has 0 aliphatic heterocycles. The largest absolute Gasteiger partial charge is 0.391 e.